The zero-order chi connectivity index (χ0) is 17.5. The van der Waals surface area contributed by atoms with Gasteiger partial charge >= 0.3 is 6.18 Å². The highest BCUT2D eigenvalue weighted by Crippen LogP contribution is 2.32. The van der Waals surface area contributed by atoms with Gasteiger partial charge < -0.3 is 10.6 Å². The van der Waals surface area contributed by atoms with Crippen LogP contribution in [0, 0.1) is 0 Å². The van der Waals surface area contributed by atoms with E-state index in [-0.39, 0.29) is 5.65 Å². The van der Waals surface area contributed by atoms with Gasteiger partial charge in [0.25, 0.3) is 0 Å². The van der Waals surface area contributed by atoms with Gasteiger partial charge in [0.15, 0.2) is 5.52 Å². The Morgan fingerprint density at radius 1 is 1.12 bits per heavy atom. The van der Waals surface area contributed by atoms with Crippen LogP contribution in [0.25, 0.3) is 11.2 Å². The summed E-state index contributed by atoms with van der Waals surface area (Å²) < 4.78 is 42.6. The third kappa shape index (κ3) is 2.84. The molecule has 0 fully saturated rings. The summed E-state index contributed by atoms with van der Waals surface area (Å²) in [5.41, 5.74) is 7.75. The van der Waals surface area contributed by atoms with Crippen molar-refractivity contribution < 1.29 is 17.8 Å². The molecule has 2 heterocycles. The maximum atomic E-state index is 12.7. The number of aromatic nitrogens is 3. The number of nitrogen functional groups attached to an aromatic ring is 1. The monoisotopic (exact) mass is 337 g/mol. The molecule has 126 valence electrons. The quantitative estimate of drug-likeness (QED) is 0.791. The summed E-state index contributed by atoms with van der Waals surface area (Å²) in [7, 11) is 3.58. The first-order valence-electron chi connectivity index (χ1n) is 7.01. The lowest BCUT2D eigenvalue weighted by atomic mass is 10.0. The van der Waals surface area contributed by atoms with E-state index >= 15 is 0 Å². The molecule has 0 bridgehead atoms. The van der Waals surface area contributed by atoms with Crippen LogP contribution in [0.3, 0.4) is 0 Å². The number of pyridine rings is 1. The number of nitrogens with zero attached hydrogens (tertiary/aromatic N) is 4. The number of hydrogen-bond donors (Lipinski definition) is 1. The molecule has 0 unspecified atom stereocenters. The molecule has 3 rings (SSSR count). The largest absolute Gasteiger partial charge is 0.416 e. The van der Waals surface area contributed by atoms with E-state index in [1.165, 1.54) is 12.1 Å². The van der Waals surface area contributed by atoms with Gasteiger partial charge in [0, 0.05) is 26.1 Å². The first-order chi connectivity index (χ1) is 11.3. The lowest BCUT2D eigenvalue weighted by molar-refractivity contribution is -0.137. The molecule has 0 aliphatic rings. The maximum absolute atomic E-state index is 12.7. The van der Waals surface area contributed by atoms with Crippen LogP contribution >= 0.6 is 0 Å². The first kappa shape index (κ1) is 16.0. The molecule has 0 spiro atoms. The van der Waals surface area contributed by atoms with Gasteiger partial charge in [0.2, 0.25) is 5.65 Å². The average molecular weight is 337 g/mol. The number of halogens is 3. The third-order valence-corrected chi connectivity index (χ3v) is 3.62. The van der Waals surface area contributed by atoms with Crippen molar-refractivity contribution in [2.45, 2.75) is 12.6 Å². The van der Waals surface area contributed by atoms with E-state index < -0.39 is 11.7 Å². The van der Waals surface area contributed by atoms with Crippen molar-refractivity contribution in [3.8, 4) is 0 Å². The number of rotatable bonds is 3. The summed E-state index contributed by atoms with van der Waals surface area (Å²) in [5.74, 6) is 0.565. The predicted molar refractivity (Wildman–Crippen MR) is 82.6 cm³/mol. The molecule has 0 aliphatic heterocycles. The molecule has 0 aliphatic carbocycles. The number of benzene rings is 1. The zero-order valence-electron chi connectivity index (χ0n) is 12.9. The minimum absolute atomic E-state index is 0.285. The fourth-order valence-corrected chi connectivity index (χ4v) is 2.42. The molecule has 2 aromatic heterocycles. The molecule has 0 amide bonds. The Kier molecular flexibility index (Phi) is 3.78. The van der Waals surface area contributed by atoms with Gasteiger partial charge in [-0.1, -0.05) is 12.1 Å². The summed E-state index contributed by atoms with van der Waals surface area (Å²) in [6, 6.07) is 4.94. The van der Waals surface area contributed by atoms with Gasteiger partial charge in [-0.25, -0.2) is 9.61 Å². The van der Waals surface area contributed by atoms with Crippen molar-refractivity contribution in [2.75, 3.05) is 24.7 Å². The minimum Gasteiger partial charge on any atom is -0.396 e. The highest BCUT2D eigenvalue weighted by atomic mass is 19.4. The summed E-state index contributed by atoms with van der Waals surface area (Å²) in [5, 5.41) is 7.41. The van der Waals surface area contributed by atoms with Crippen LogP contribution in [-0.2, 0) is 12.6 Å². The van der Waals surface area contributed by atoms with Crippen LogP contribution in [0.4, 0.5) is 24.7 Å². The standard InChI is InChI=1S/C15H14F3N5O/c1-23(2)14-10(11(19)12-13(20-14)22-24-21-12)7-8-3-5-9(6-4-8)15(16,17)18/h3-6H,7,19H2,1-2H3. The first-order valence-corrected chi connectivity index (χ1v) is 7.01. The van der Waals surface area contributed by atoms with Crippen molar-refractivity contribution >= 4 is 22.7 Å². The fraction of sp³-hybridized carbons (Fsp3) is 0.267. The lowest BCUT2D eigenvalue weighted by Gasteiger charge is -2.18. The molecule has 3 aromatic rings. The average Bonchev–Trinajstić information content (AvgIpc) is 2.98. The van der Waals surface area contributed by atoms with Crippen LogP contribution in [-0.4, -0.2) is 29.4 Å². The molecule has 1 aromatic carbocycles. The van der Waals surface area contributed by atoms with Crippen LogP contribution in [0.5, 0.6) is 0 Å². The van der Waals surface area contributed by atoms with Crippen molar-refractivity contribution in [1.82, 2.24) is 15.3 Å². The van der Waals surface area contributed by atoms with E-state index in [1.807, 2.05) is 0 Å². The second-order valence-electron chi connectivity index (χ2n) is 5.53. The summed E-state index contributed by atoms with van der Waals surface area (Å²) in [6.07, 6.45) is -4.05. The molecule has 9 heteroatoms. The molecule has 0 atom stereocenters. The number of hydrogen-bond acceptors (Lipinski definition) is 6. The summed E-state index contributed by atoms with van der Waals surface area (Å²) in [6.45, 7) is 0. The van der Waals surface area contributed by atoms with Crippen LogP contribution in [0.2, 0.25) is 0 Å². The Hall–Kier alpha value is -2.84. The number of fused-ring (bicyclic) bond motifs is 1. The van der Waals surface area contributed by atoms with Crippen molar-refractivity contribution in [3.63, 3.8) is 0 Å². The maximum Gasteiger partial charge on any atom is 0.416 e. The van der Waals surface area contributed by atoms with E-state index in [1.54, 1.807) is 19.0 Å². The Morgan fingerprint density at radius 3 is 2.38 bits per heavy atom. The highest BCUT2D eigenvalue weighted by molar-refractivity contribution is 5.88. The smallest absolute Gasteiger partial charge is 0.396 e. The number of anilines is 2. The third-order valence-electron chi connectivity index (χ3n) is 3.62. The van der Waals surface area contributed by atoms with Gasteiger partial charge in [-0.05, 0) is 28.0 Å². The second kappa shape index (κ2) is 5.66. The van der Waals surface area contributed by atoms with Gasteiger partial charge in [0.1, 0.15) is 5.82 Å². The highest BCUT2D eigenvalue weighted by Gasteiger charge is 2.30. The van der Waals surface area contributed by atoms with Crippen LogP contribution in [0.1, 0.15) is 16.7 Å². The molecular weight excluding hydrogens is 323 g/mol. The molecule has 24 heavy (non-hydrogen) atoms. The predicted octanol–water partition coefficient (Wildman–Crippen LogP) is 2.88. The van der Waals surface area contributed by atoms with E-state index in [4.69, 9.17) is 5.73 Å². The number of alkyl halides is 3. The van der Waals surface area contributed by atoms with Gasteiger partial charge in [0.05, 0.1) is 11.3 Å². The van der Waals surface area contributed by atoms with Gasteiger partial charge in [-0.3, -0.25) is 0 Å². The van der Waals surface area contributed by atoms with Gasteiger partial charge in [-0.15, -0.1) is 0 Å². The second-order valence-corrected chi connectivity index (χ2v) is 5.53. The molecule has 0 radical (unpaired) electrons. The normalized spacial score (nSPS) is 11.9. The number of nitrogens with two attached hydrogens (primary N) is 1. The van der Waals surface area contributed by atoms with Crippen molar-refractivity contribution in [2.24, 2.45) is 0 Å². The van der Waals surface area contributed by atoms with Crippen LogP contribution in [0.15, 0.2) is 28.9 Å². The van der Waals surface area contributed by atoms with Crippen molar-refractivity contribution in [3.05, 3.63) is 41.0 Å². The summed E-state index contributed by atoms with van der Waals surface area (Å²) in [4.78, 5) is 6.10. The van der Waals surface area contributed by atoms with E-state index in [9.17, 15) is 13.2 Å². The SMILES string of the molecule is CN(C)c1nc2nonc2c(N)c1Cc1ccc(C(F)(F)F)cc1. The van der Waals surface area contributed by atoms with Crippen LogP contribution < -0.4 is 10.6 Å². The Morgan fingerprint density at radius 2 is 1.79 bits per heavy atom. The van der Waals surface area contributed by atoms with E-state index in [0.717, 1.165) is 12.1 Å². The molecule has 6 nitrogen and oxygen atoms in total. The zero-order valence-corrected chi connectivity index (χ0v) is 12.9. The minimum atomic E-state index is -4.36. The Balaban J connectivity index is 2.03. The van der Waals surface area contributed by atoms with Gasteiger partial charge in [-0.2, -0.15) is 13.2 Å². The fourth-order valence-electron chi connectivity index (χ4n) is 2.42. The van der Waals surface area contributed by atoms with E-state index in [0.29, 0.717) is 34.6 Å². The van der Waals surface area contributed by atoms with E-state index in [2.05, 4.69) is 19.9 Å². The Bertz CT molecular complexity index is 871. The summed E-state index contributed by atoms with van der Waals surface area (Å²) >= 11 is 0. The molecule has 0 saturated heterocycles. The van der Waals surface area contributed by atoms with Crippen molar-refractivity contribution in [1.29, 1.82) is 0 Å². The lowest BCUT2D eigenvalue weighted by Crippen LogP contribution is -2.15. The molecular formula is C15H14F3N5O. The topological polar surface area (TPSA) is 81.1 Å². The Labute approximate surface area is 135 Å². The molecule has 0 saturated carbocycles. The molecule has 2 N–H and O–H groups in total.